The van der Waals surface area contributed by atoms with E-state index in [1.54, 1.807) is 0 Å². The highest BCUT2D eigenvalue weighted by molar-refractivity contribution is 5.30. The fraction of sp³-hybridized carbons (Fsp3) is 0.455. The first-order chi connectivity index (χ1) is 7.69. The zero-order chi connectivity index (χ0) is 12.0. The third kappa shape index (κ3) is 3.43. The first-order valence-corrected chi connectivity index (χ1v) is 4.98. The van der Waals surface area contributed by atoms with Crippen molar-refractivity contribution in [3.05, 3.63) is 29.3 Å². The van der Waals surface area contributed by atoms with Crippen LogP contribution in [0, 0.1) is 11.6 Å². The van der Waals surface area contributed by atoms with Gasteiger partial charge in [0.25, 0.3) is 0 Å². The van der Waals surface area contributed by atoms with Crippen molar-refractivity contribution >= 4 is 0 Å². The van der Waals surface area contributed by atoms with Crippen molar-refractivity contribution in [3.8, 4) is 5.75 Å². The molecule has 0 aliphatic rings. The summed E-state index contributed by atoms with van der Waals surface area (Å²) in [5.74, 6) is -1.07. The van der Waals surface area contributed by atoms with Crippen LogP contribution in [-0.2, 0) is 11.2 Å². The third-order valence-electron chi connectivity index (χ3n) is 2.11. The average Bonchev–Trinajstić information content (AvgIpc) is 2.26. The second kappa shape index (κ2) is 6.40. The quantitative estimate of drug-likeness (QED) is 0.754. The molecule has 0 saturated carbocycles. The van der Waals surface area contributed by atoms with Gasteiger partial charge in [-0.25, -0.2) is 8.78 Å². The molecule has 3 nitrogen and oxygen atoms in total. The van der Waals surface area contributed by atoms with Crippen LogP contribution in [0.5, 0.6) is 5.75 Å². The number of ether oxygens (including phenoxy) is 2. The first-order valence-electron chi connectivity index (χ1n) is 4.98. The van der Waals surface area contributed by atoms with Crippen LogP contribution in [-0.4, -0.2) is 26.9 Å². The minimum absolute atomic E-state index is 0.0119. The van der Waals surface area contributed by atoms with Gasteiger partial charge in [-0.3, -0.25) is 0 Å². The third-order valence-corrected chi connectivity index (χ3v) is 2.11. The van der Waals surface area contributed by atoms with Crippen LogP contribution >= 0.6 is 0 Å². The second-order valence-electron chi connectivity index (χ2n) is 3.22. The lowest BCUT2D eigenvalue weighted by Crippen LogP contribution is -2.11. The zero-order valence-corrected chi connectivity index (χ0v) is 9.13. The maximum atomic E-state index is 13.4. The van der Waals surface area contributed by atoms with Crippen molar-refractivity contribution in [1.29, 1.82) is 0 Å². The van der Waals surface area contributed by atoms with Crippen molar-refractivity contribution < 1.29 is 18.3 Å². The van der Waals surface area contributed by atoms with Gasteiger partial charge in [0, 0.05) is 30.7 Å². The summed E-state index contributed by atoms with van der Waals surface area (Å²) in [6.07, 6.45) is 0.182. The molecular formula is C11H15F2NO2. The molecule has 16 heavy (non-hydrogen) atoms. The molecule has 0 spiro atoms. The van der Waals surface area contributed by atoms with Crippen LogP contribution in [0.2, 0.25) is 0 Å². The molecule has 0 bridgehead atoms. The Morgan fingerprint density at radius 3 is 2.31 bits per heavy atom. The smallest absolute Gasteiger partial charge is 0.133 e. The van der Waals surface area contributed by atoms with E-state index in [1.807, 2.05) is 0 Å². The lowest BCUT2D eigenvalue weighted by Gasteiger charge is -2.07. The van der Waals surface area contributed by atoms with Gasteiger partial charge in [0.2, 0.25) is 0 Å². The Balaban J connectivity index is 2.65. The molecule has 0 amide bonds. The van der Waals surface area contributed by atoms with Crippen LogP contribution in [0.15, 0.2) is 12.1 Å². The summed E-state index contributed by atoms with van der Waals surface area (Å²) in [4.78, 5) is 0. The van der Waals surface area contributed by atoms with Crippen molar-refractivity contribution in [2.45, 2.75) is 6.42 Å². The van der Waals surface area contributed by atoms with Gasteiger partial charge < -0.3 is 15.2 Å². The highest BCUT2D eigenvalue weighted by Crippen LogP contribution is 2.20. The van der Waals surface area contributed by atoms with Crippen LogP contribution in [0.25, 0.3) is 0 Å². The summed E-state index contributed by atoms with van der Waals surface area (Å²) in [7, 11) is 1.36. The van der Waals surface area contributed by atoms with E-state index in [1.165, 1.54) is 7.11 Å². The van der Waals surface area contributed by atoms with Gasteiger partial charge in [-0.15, -0.1) is 0 Å². The fourth-order valence-electron chi connectivity index (χ4n) is 1.30. The van der Waals surface area contributed by atoms with E-state index in [2.05, 4.69) is 0 Å². The Labute approximate surface area is 93.2 Å². The molecule has 90 valence electrons. The second-order valence-corrected chi connectivity index (χ2v) is 3.22. The number of benzene rings is 1. The van der Waals surface area contributed by atoms with E-state index < -0.39 is 11.6 Å². The van der Waals surface area contributed by atoms with E-state index in [0.29, 0.717) is 13.2 Å². The van der Waals surface area contributed by atoms with E-state index >= 15 is 0 Å². The molecule has 1 aromatic rings. The van der Waals surface area contributed by atoms with Gasteiger partial charge in [0.15, 0.2) is 0 Å². The van der Waals surface area contributed by atoms with Gasteiger partial charge in [0.05, 0.1) is 20.3 Å². The Kier molecular flexibility index (Phi) is 5.14. The summed E-state index contributed by atoms with van der Waals surface area (Å²) < 4.78 is 36.6. The Morgan fingerprint density at radius 2 is 1.81 bits per heavy atom. The van der Waals surface area contributed by atoms with Crippen molar-refractivity contribution in [2.24, 2.45) is 5.73 Å². The van der Waals surface area contributed by atoms with Crippen LogP contribution in [0.4, 0.5) is 8.78 Å². The van der Waals surface area contributed by atoms with Crippen LogP contribution < -0.4 is 10.5 Å². The van der Waals surface area contributed by atoms with Crippen molar-refractivity contribution in [3.63, 3.8) is 0 Å². The van der Waals surface area contributed by atoms with E-state index in [-0.39, 0.29) is 24.3 Å². The molecule has 5 heteroatoms. The fourth-order valence-corrected chi connectivity index (χ4v) is 1.30. The summed E-state index contributed by atoms with van der Waals surface area (Å²) in [6.45, 7) is 1.03. The van der Waals surface area contributed by atoms with Gasteiger partial charge in [0.1, 0.15) is 17.4 Å². The predicted octanol–water partition coefficient (Wildman–Crippen LogP) is 1.49. The monoisotopic (exact) mass is 231 g/mol. The van der Waals surface area contributed by atoms with E-state index in [4.69, 9.17) is 15.2 Å². The molecule has 0 aromatic heterocycles. The minimum atomic E-state index is -0.617. The molecule has 0 saturated heterocycles. The molecule has 2 N–H and O–H groups in total. The van der Waals surface area contributed by atoms with Crippen LogP contribution in [0.3, 0.4) is 0 Å². The maximum Gasteiger partial charge on any atom is 0.133 e. The molecule has 0 fully saturated rings. The van der Waals surface area contributed by atoms with E-state index in [0.717, 1.165) is 12.1 Å². The number of hydrogen-bond donors (Lipinski definition) is 1. The number of nitrogens with two attached hydrogens (primary N) is 1. The molecule has 0 aliphatic heterocycles. The summed E-state index contributed by atoms with van der Waals surface area (Å²) in [5.41, 5.74) is 5.23. The lowest BCUT2D eigenvalue weighted by atomic mass is 10.1. The number of rotatable bonds is 6. The number of hydrogen-bond acceptors (Lipinski definition) is 3. The highest BCUT2D eigenvalue weighted by Gasteiger charge is 2.11. The molecule has 0 atom stereocenters. The standard InChI is InChI=1S/C11H15F2NO2/c1-15-8-6-10(12)9(11(13)7-8)2-4-16-5-3-14/h6-7H,2-5,14H2,1H3. The Bertz CT molecular complexity index is 322. The zero-order valence-electron chi connectivity index (χ0n) is 9.13. The summed E-state index contributed by atoms with van der Waals surface area (Å²) in [6, 6.07) is 2.31. The predicted molar refractivity (Wildman–Crippen MR) is 56.5 cm³/mol. The molecule has 0 aliphatic carbocycles. The summed E-state index contributed by atoms with van der Waals surface area (Å²) in [5, 5.41) is 0. The normalized spacial score (nSPS) is 10.5. The molecule has 1 rings (SSSR count). The maximum absolute atomic E-state index is 13.4. The largest absolute Gasteiger partial charge is 0.497 e. The van der Waals surface area contributed by atoms with Gasteiger partial charge in [-0.05, 0) is 0 Å². The highest BCUT2D eigenvalue weighted by atomic mass is 19.1. The Hall–Kier alpha value is -1.20. The van der Waals surface area contributed by atoms with Crippen molar-refractivity contribution in [2.75, 3.05) is 26.9 Å². The average molecular weight is 231 g/mol. The van der Waals surface area contributed by atoms with Crippen LogP contribution in [0.1, 0.15) is 5.56 Å². The number of methoxy groups -OCH3 is 1. The van der Waals surface area contributed by atoms with Gasteiger partial charge in [-0.2, -0.15) is 0 Å². The molecule has 1 aromatic carbocycles. The van der Waals surface area contributed by atoms with E-state index in [9.17, 15) is 8.78 Å². The topological polar surface area (TPSA) is 44.5 Å². The van der Waals surface area contributed by atoms with Gasteiger partial charge >= 0.3 is 0 Å². The lowest BCUT2D eigenvalue weighted by molar-refractivity contribution is 0.143. The first kappa shape index (κ1) is 12.9. The molecular weight excluding hydrogens is 216 g/mol. The number of halogens is 2. The minimum Gasteiger partial charge on any atom is -0.497 e. The van der Waals surface area contributed by atoms with Crippen molar-refractivity contribution in [1.82, 2.24) is 0 Å². The van der Waals surface area contributed by atoms with Gasteiger partial charge in [-0.1, -0.05) is 0 Å². The molecule has 0 heterocycles. The molecule has 0 unspecified atom stereocenters. The summed E-state index contributed by atoms with van der Waals surface area (Å²) >= 11 is 0. The molecule has 0 radical (unpaired) electrons. The SMILES string of the molecule is COc1cc(F)c(CCOCCN)c(F)c1. The Morgan fingerprint density at radius 1 is 1.19 bits per heavy atom.